The maximum Gasteiger partial charge on any atom is 0.308 e. The van der Waals surface area contributed by atoms with Gasteiger partial charge in [0.05, 0.1) is 0 Å². The van der Waals surface area contributed by atoms with Gasteiger partial charge in [-0.05, 0) is 62.9 Å². The van der Waals surface area contributed by atoms with Crippen molar-refractivity contribution in [1.82, 2.24) is 4.90 Å². The van der Waals surface area contributed by atoms with E-state index in [-0.39, 0.29) is 11.9 Å². The van der Waals surface area contributed by atoms with Crippen molar-refractivity contribution < 1.29 is 19.1 Å². The smallest absolute Gasteiger partial charge is 0.308 e. The Balaban J connectivity index is 1.52. The number of hydrogen-bond acceptors (Lipinski definition) is 5. The lowest BCUT2D eigenvalue weighted by Crippen LogP contribution is -2.57. The summed E-state index contributed by atoms with van der Waals surface area (Å²) in [5, 5.41) is 0. The number of fused-ring (bicyclic) bond motifs is 1. The number of benzene rings is 2. The summed E-state index contributed by atoms with van der Waals surface area (Å²) in [4.78, 5) is 29.4. The van der Waals surface area contributed by atoms with E-state index in [4.69, 9.17) is 9.47 Å². The van der Waals surface area contributed by atoms with E-state index < -0.39 is 5.60 Å². The molecule has 0 spiro atoms. The average molecular weight is 437 g/mol. The molecule has 1 atom stereocenters. The molecule has 1 saturated heterocycles. The number of esters is 1. The minimum atomic E-state index is -0.894. The van der Waals surface area contributed by atoms with E-state index in [2.05, 4.69) is 17.0 Å². The first kappa shape index (κ1) is 22.2. The maximum absolute atomic E-state index is 13.5. The van der Waals surface area contributed by atoms with Gasteiger partial charge in [0.1, 0.15) is 11.5 Å². The Morgan fingerprint density at radius 2 is 1.62 bits per heavy atom. The third-order valence-corrected chi connectivity index (χ3v) is 6.88. The van der Waals surface area contributed by atoms with Crippen LogP contribution in [0.4, 0.5) is 5.69 Å². The van der Waals surface area contributed by atoms with Crippen molar-refractivity contribution in [2.24, 2.45) is 0 Å². The zero-order valence-corrected chi connectivity index (χ0v) is 19.7. The summed E-state index contributed by atoms with van der Waals surface area (Å²) >= 11 is 0. The molecule has 2 aromatic carbocycles. The van der Waals surface area contributed by atoms with Gasteiger partial charge in [-0.3, -0.25) is 9.59 Å². The van der Waals surface area contributed by atoms with Crippen molar-refractivity contribution in [1.29, 1.82) is 0 Å². The van der Waals surface area contributed by atoms with Crippen LogP contribution >= 0.6 is 0 Å². The quantitative estimate of drug-likeness (QED) is 0.538. The molecule has 6 heteroatoms. The van der Waals surface area contributed by atoms with E-state index in [0.717, 1.165) is 41.1 Å². The fourth-order valence-corrected chi connectivity index (χ4v) is 4.82. The predicted octanol–water partition coefficient (Wildman–Crippen LogP) is 3.97. The number of amides is 1. The highest BCUT2D eigenvalue weighted by atomic mass is 16.5. The molecule has 1 unspecified atom stereocenters. The third kappa shape index (κ3) is 3.94. The number of carbonyl (C=O) groups is 2. The molecule has 0 saturated carbocycles. The van der Waals surface area contributed by atoms with E-state index in [1.165, 1.54) is 12.6 Å². The summed E-state index contributed by atoms with van der Waals surface area (Å²) in [6.45, 7) is 12.2. The lowest BCUT2D eigenvalue weighted by Gasteiger charge is -2.42. The van der Waals surface area contributed by atoms with Crippen LogP contribution in [0.2, 0.25) is 0 Å². The van der Waals surface area contributed by atoms with Gasteiger partial charge in [-0.2, -0.15) is 0 Å². The SMILES string of the molecule is CC(=O)Oc1c(C)c(C)c2c(c1C)CCC(C)(C(=O)N1CCN(c3ccccc3)CC1)O2. The molecule has 0 N–H and O–H groups in total. The zero-order chi connectivity index (χ0) is 23.0. The van der Waals surface area contributed by atoms with Crippen molar-refractivity contribution in [2.75, 3.05) is 31.1 Å². The van der Waals surface area contributed by atoms with Crippen LogP contribution in [0.25, 0.3) is 0 Å². The molecule has 1 fully saturated rings. The molecular formula is C26H32N2O4. The van der Waals surface area contributed by atoms with E-state index in [0.29, 0.717) is 31.7 Å². The Kier molecular flexibility index (Phi) is 5.89. The molecule has 0 aliphatic carbocycles. The average Bonchev–Trinajstić information content (AvgIpc) is 2.80. The first-order valence-corrected chi connectivity index (χ1v) is 11.3. The topological polar surface area (TPSA) is 59.1 Å². The molecule has 0 aromatic heterocycles. The molecule has 32 heavy (non-hydrogen) atoms. The van der Waals surface area contributed by atoms with E-state index in [9.17, 15) is 9.59 Å². The number of hydrogen-bond donors (Lipinski definition) is 0. The summed E-state index contributed by atoms with van der Waals surface area (Å²) in [6, 6.07) is 10.3. The van der Waals surface area contributed by atoms with E-state index >= 15 is 0 Å². The first-order chi connectivity index (χ1) is 15.2. The van der Waals surface area contributed by atoms with Crippen LogP contribution < -0.4 is 14.4 Å². The molecule has 2 heterocycles. The Labute approximate surface area is 190 Å². The Hall–Kier alpha value is -3.02. The third-order valence-electron chi connectivity index (χ3n) is 6.88. The number of carbonyl (C=O) groups excluding carboxylic acids is 2. The second kappa shape index (κ2) is 8.49. The highest BCUT2D eigenvalue weighted by Gasteiger charge is 2.43. The van der Waals surface area contributed by atoms with Gasteiger partial charge < -0.3 is 19.3 Å². The number of para-hydroxylation sites is 1. The summed E-state index contributed by atoms with van der Waals surface area (Å²) in [5.74, 6) is 1.10. The molecule has 170 valence electrons. The first-order valence-electron chi connectivity index (χ1n) is 11.3. The molecule has 2 aromatic rings. The van der Waals surface area contributed by atoms with Crippen LogP contribution in [0, 0.1) is 20.8 Å². The van der Waals surface area contributed by atoms with Crippen LogP contribution in [-0.2, 0) is 16.0 Å². The van der Waals surface area contributed by atoms with Gasteiger partial charge >= 0.3 is 5.97 Å². The molecular weight excluding hydrogens is 404 g/mol. The number of nitrogens with zero attached hydrogens (tertiary/aromatic N) is 2. The standard InChI is InChI=1S/C26H32N2O4/c1-17-18(2)24-22(19(3)23(17)31-20(4)29)11-12-26(5,32-24)25(30)28-15-13-27(14-16-28)21-9-7-6-8-10-21/h6-10H,11-16H2,1-5H3. The van der Waals surface area contributed by atoms with Gasteiger partial charge in [-0.25, -0.2) is 0 Å². The summed E-state index contributed by atoms with van der Waals surface area (Å²) in [5.41, 5.74) is 4.06. The number of rotatable bonds is 3. The minimum Gasteiger partial charge on any atom is -0.477 e. The monoisotopic (exact) mass is 436 g/mol. The second-order valence-electron chi connectivity index (χ2n) is 9.05. The second-order valence-corrected chi connectivity index (χ2v) is 9.05. The van der Waals surface area contributed by atoms with Crippen molar-refractivity contribution in [2.45, 2.75) is 53.1 Å². The van der Waals surface area contributed by atoms with Crippen LogP contribution in [-0.4, -0.2) is 48.6 Å². The van der Waals surface area contributed by atoms with Gasteiger partial charge in [0.2, 0.25) is 0 Å². The molecule has 2 aliphatic heterocycles. The molecule has 0 bridgehead atoms. The summed E-state index contributed by atoms with van der Waals surface area (Å²) in [6.07, 6.45) is 1.31. The van der Waals surface area contributed by atoms with Crippen LogP contribution in [0.15, 0.2) is 30.3 Å². The van der Waals surface area contributed by atoms with Crippen molar-refractivity contribution in [3.05, 3.63) is 52.6 Å². The Morgan fingerprint density at radius 1 is 0.969 bits per heavy atom. The van der Waals surface area contributed by atoms with Crippen molar-refractivity contribution >= 4 is 17.6 Å². The molecule has 2 aliphatic rings. The van der Waals surface area contributed by atoms with E-state index in [1.807, 2.05) is 50.8 Å². The lowest BCUT2D eigenvalue weighted by atomic mass is 9.86. The van der Waals surface area contributed by atoms with Crippen molar-refractivity contribution in [3.63, 3.8) is 0 Å². The Bertz CT molecular complexity index is 1040. The van der Waals surface area contributed by atoms with Gasteiger partial charge in [-0.1, -0.05) is 18.2 Å². The van der Waals surface area contributed by atoms with Crippen LogP contribution in [0.3, 0.4) is 0 Å². The highest BCUT2D eigenvalue weighted by molar-refractivity contribution is 5.86. The van der Waals surface area contributed by atoms with Gasteiger partial charge in [0, 0.05) is 50.8 Å². The van der Waals surface area contributed by atoms with Gasteiger partial charge in [0.25, 0.3) is 5.91 Å². The largest absolute Gasteiger partial charge is 0.477 e. The molecule has 4 rings (SSSR count). The fourth-order valence-electron chi connectivity index (χ4n) is 4.82. The normalized spacial score (nSPS) is 20.4. The lowest BCUT2D eigenvalue weighted by molar-refractivity contribution is -0.148. The van der Waals surface area contributed by atoms with Crippen LogP contribution in [0.5, 0.6) is 11.5 Å². The van der Waals surface area contributed by atoms with Crippen LogP contribution in [0.1, 0.15) is 42.5 Å². The summed E-state index contributed by atoms with van der Waals surface area (Å²) in [7, 11) is 0. The predicted molar refractivity (Wildman–Crippen MR) is 125 cm³/mol. The number of ether oxygens (including phenoxy) is 2. The number of anilines is 1. The molecule has 0 radical (unpaired) electrons. The van der Waals surface area contributed by atoms with E-state index in [1.54, 1.807) is 0 Å². The van der Waals surface area contributed by atoms with Gasteiger partial charge in [-0.15, -0.1) is 0 Å². The molecule has 1 amide bonds. The maximum atomic E-state index is 13.5. The zero-order valence-electron chi connectivity index (χ0n) is 19.7. The Morgan fingerprint density at radius 3 is 2.25 bits per heavy atom. The summed E-state index contributed by atoms with van der Waals surface area (Å²) < 4.78 is 11.9. The molecule has 6 nitrogen and oxygen atoms in total. The minimum absolute atomic E-state index is 0.0506. The van der Waals surface area contributed by atoms with Crippen molar-refractivity contribution in [3.8, 4) is 11.5 Å². The van der Waals surface area contributed by atoms with Gasteiger partial charge in [0.15, 0.2) is 5.60 Å². The fraction of sp³-hybridized carbons (Fsp3) is 0.462. The highest BCUT2D eigenvalue weighted by Crippen LogP contribution is 2.44. The number of piperazine rings is 1.